The number of esters is 2. The highest BCUT2D eigenvalue weighted by atomic mass is 16.5. The van der Waals surface area contributed by atoms with Crippen LogP contribution in [-0.4, -0.2) is 44.8 Å². The van der Waals surface area contributed by atoms with E-state index < -0.39 is 11.9 Å². The van der Waals surface area contributed by atoms with Crippen molar-refractivity contribution >= 4 is 23.5 Å². The number of ether oxygens (including phenoxy) is 3. The molecule has 1 amide bonds. The molecule has 0 radical (unpaired) electrons. The van der Waals surface area contributed by atoms with Crippen LogP contribution in [0.5, 0.6) is 0 Å². The second kappa shape index (κ2) is 8.44. The summed E-state index contributed by atoms with van der Waals surface area (Å²) in [4.78, 5) is 35.2. The molecule has 2 rings (SSSR count). The van der Waals surface area contributed by atoms with Gasteiger partial charge in [-0.2, -0.15) is 0 Å². The molecule has 130 valence electrons. The normalized spacial score (nSPS) is 20.1. The Morgan fingerprint density at radius 3 is 2.58 bits per heavy atom. The fourth-order valence-electron chi connectivity index (χ4n) is 2.48. The van der Waals surface area contributed by atoms with Crippen LogP contribution in [0.1, 0.15) is 23.7 Å². The molecule has 1 saturated heterocycles. The van der Waals surface area contributed by atoms with Crippen LogP contribution in [0.3, 0.4) is 0 Å². The summed E-state index contributed by atoms with van der Waals surface area (Å²) in [5.74, 6) is -1.41. The lowest BCUT2D eigenvalue weighted by Gasteiger charge is -2.26. The Morgan fingerprint density at radius 1 is 1.25 bits per heavy atom. The van der Waals surface area contributed by atoms with Crippen molar-refractivity contribution in [3.63, 3.8) is 0 Å². The summed E-state index contributed by atoms with van der Waals surface area (Å²) in [5, 5.41) is 2.60. The summed E-state index contributed by atoms with van der Waals surface area (Å²) in [7, 11) is 1.30. The van der Waals surface area contributed by atoms with Gasteiger partial charge in [0.15, 0.2) is 6.61 Å². The first-order valence-corrected chi connectivity index (χ1v) is 7.74. The van der Waals surface area contributed by atoms with Crippen LogP contribution in [0.2, 0.25) is 0 Å². The van der Waals surface area contributed by atoms with Crippen LogP contribution in [0.4, 0.5) is 5.69 Å². The Kier molecular flexibility index (Phi) is 6.31. The van der Waals surface area contributed by atoms with E-state index >= 15 is 0 Å². The van der Waals surface area contributed by atoms with Crippen molar-refractivity contribution in [3.05, 3.63) is 29.8 Å². The molecule has 0 aromatic heterocycles. The second-order valence-corrected chi connectivity index (χ2v) is 5.67. The van der Waals surface area contributed by atoms with E-state index in [0.29, 0.717) is 30.9 Å². The molecule has 1 heterocycles. The number of hydrogen-bond acceptors (Lipinski definition) is 6. The lowest BCUT2D eigenvalue weighted by atomic mass is 9.90. The monoisotopic (exact) mass is 335 g/mol. The molecule has 7 nitrogen and oxygen atoms in total. The summed E-state index contributed by atoms with van der Waals surface area (Å²) >= 11 is 0. The SMILES string of the molecule is COC(=O)c1ccc(NC(=O)COC(=O)C2CCOCC2C)cc1. The highest BCUT2D eigenvalue weighted by molar-refractivity contribution is 5.94. The zero-order chi connectivity index (χ0) is 17.5. The van der Waals surface area contributed by atoms with Gasteiger partial charge in [-0.3, -0.25) is 9.59 Å². The minimum absolute atomic E-state index is 0.0835. The summed E-state index contributed by atoms with van der Waals surface area (Å²) in [6.07, 6.45) is 0.608. The van der Waals surface area contributed by atoms with Gasteiger partial charge in [-0.15, -0.1) is 0 Å². The van der Waals surface area contributed by atoms with Crippen LogP contribution in [0.15, 0.2) is 24.3 Å². The maximum absolute atomic E-state index is 12.0. The molecule has 1 aliphatic heterocycles. The minimum atomic E-state index is -0.451. The van der Waals surface area contributed by atoms with Crippen molar-refractivity contribution in [2.45, 2.75) is 13.3 Å². The lowest BCUT2D eigenvalue weighted by molar-refractivity contribution is -0.157. The van der Waals surface area contributed by atoms with E-state index in [1.807, 2.05) is 6.92 Å². The second-order valence-electron chi connectivity index (χ2n) is 5.67. The molecule has 0 bridgehead atoms. The quantitative estimate of drug-likeness (QED) is 0.823. The fourth-order valence-corrected chi connectivity index (χ4v) is 2.48. The van der Waals surface area contributed by atoms with Gasteiger partial charge in [0.1, 0.15) is 0 Å². The number of amides is 1. The number of methoxy groups -OCH3 is 1. The molecule has 2 atom stereocenters. The van der Waals surface area contributed by atoms with Gasteiger partial charge in [0.05, 0.1) is 18.6 Å². The van der Waals surface area contributed by atoms with Gasteiger partial charge in [0.25, 0.3) is 5.91 Å². The molecule has 2 unspecified atom stereocenters. The number of carbonyl (C=O) groups excluding carboxylic acids is 3. The van der Waals surface area contributed by atoms with Gasteiger partial charge < -0.3 is 19.5 Å². The van der Waals surface area contributed by atoms with E-state index in [4.69, 9.17) is 9.47 Å². The van der Waals surface area contributed by atoms with Crippen LogP contribution in [0, 0.1) is 11.8 Å². The molecule has 1 aliphatic rings. The highest BCUT2D eigenvalue weighted by Crippen LogP contribution is 2.22. The van der Waals surface area contributed by atoms with Crippen molar-refractivity contribution in [1.82, 2.24) is 0 Å². The van der Waals surface area contributed by atoms with Crippen LogP contribution in [-0.2, 0) is 23.8 Å². The number of rotatable bonds is 5. The Balaban J connectivity index is 1.80. The number of nitrogens with one attached hydrogen (secondary N) is 1. The van der Waals surface area contributed by atoms with Crippen molar-refractivity contribution in [2.75, 3.05) is 32.2 Å². The van der Waals surface area contributed by atoms with Gasteiger partial charge in [0.2, 0.25) is 0 Å². The molecule has 0 spiro atoms. The molecule has 0 aliphatic carbocycles. The van der Waals surface area contributed by atoms with Crippen molar-refractivity contribution in [2.24, 2.45) is 11.8 Å². The van der Waals surface area contributed by atoms with Gasteiger partial charge in [-0.05, 0) is 36.6 Å². The smallest absolute Gasteiger partial charge is 0.337 e. The van der Waals surface area contributed by atoms with Crippen LogP contribution in [0.25, 0.3) is 0 Å². The van der Waals surface area contributed by atoms with Gasteiger partial charge in [0, 0.05) is 18.9 Å². The van der Waals surface area contributed by atoms with E-state index in [1.54, 1.807) is 12.1 Å². The predicted molar refractivity (Wildman–Crippen MR) is 85.5 cm³/mol. The molecule has 24 heavy (non-hydrogen) atoms. The third-order valence-corrected chi connectivity index (χ3v) is 3.88. The summed E-state index contributed by atoms with van der Waals surface area (Å²) in [5.41, 5.74) is 0.888. The topological polar surface area (TPSA) is 90.9 Å². The molecule has 0 saturated carbocycles. The Hall–Kier alpha value is -2.41. The molecular weight excluding hydrogens is 314 g/mol. The number of benzene rings is 1. The van der Waals surface area contributed by atoms with E-state index in [0.717, 1.165) is 0 Å². The van der Waals surface area contributed by atoms with E-state index in [-0.39, 0.29) is 24.4 Å². The predicted octanol–water partition coefficient (Wildman–Crippen LogP) is 1.63. The van der Waals surface area contributed by atoms with Crippen LogP contribution < -0.4 is 5.32 Å². The van der Waals surface area contributed by atoms with Crippen LogP contribution >= 0.6 is 0 Å². The fraction of sp³-hybridized carbons (Fsp3) is 0.471. The number of anilines is 1. The zero-order valence-corrected chi connectivity index (χ0v) is 13.7. The third kappa shape index (κ3) is 4.79. The standard InChI is InChI=1S/C17H21NO6/c1-11-9-23-8-7-14(11)17(21)24-10-15(19)18-13-5-3-12(4-6-13)16(20)22-2/h3-6,11,14H,7-10H2,1-2H3,(H,18,19). The average molecular weight is 335 g/mol. The number of hydrogen-bond donors (Lipinski definition) is 1. The highest BCUT2D eigenvalue weighted by Gasteiger charge is 2.30. The van der Waals surface area contributed by atoms with Gasteiger partial charge in [-0.25, -0.2) is 4.79 Å². The summed E-state index contributed by atoms with van der Waals surface area (Å²) in [6, 6.07) is 6.23. The molecule has 1 aromatic rings. The Labute approximate surface area is 140 Å². The zero-order valence-electron chi connectivity index (χ0n) is 13.7. The first-order chi connectivity index (χ1) is 11.5. The van der Waals surface area contributed by atoms with E-state index in [9.17, 15) is 14.4 Å². The summed E-state index contributed by atoms with van der Waals surface area (Å²) < 4.78 is 15.0. The molecular formula is C17H21NO6. The minimum Gasteiger partial charge on any atom is -0.465 e. The molecule has 1 N–H and O–H groups in total. The van der Waals surface area contributed by atoms with Gasteiger partial charge in [-0.1, -0.05) is 6.92 Å². The maximum atomic E-state index is 12.0. The van der Waals surface area contributed by atoms with Crippen molar-refractivity contribution in [3.8, 4) is 0 Å². The molecule has 1 aromatic carbocycles. The van der Waals surface area contributed by atoms with Crippen molar-refractivity contribution in [1.29, 1.82) is 0 Å². The van der Waals surface area contributed by atoms with Gasteiger partial charge >= 0.3 is 11.9 Å². The largest absolute Gasteiger partial charge is 0.465 e. The average Bonchev–Trinajstić information content (AvgIpc) is 2.60. The lowest BCUT2D eigenvalue weighted by Crippen LogP contribution is -2.34. The molecule has 1 fully saturated rings. The maximum Gasteiger partial charge on any atom is 0.337 e. The Bertz CT molecular complexity index is 598. The number of carbonyl (C=O) groups is 3. The van der Waals surface area contributed by atoms with Crippen molar-refractivity contribution < 1.29 is 28.6 Å². The Morgan fingerprint density at radius 2 is 1.96 bits per heavy atom. The van der Waals surface area contributed by atoms with E-state index in [1.165, 1.54) is 19.2 Å². The molecule has 7 heteroatoms. The van der Waals surface area contributed by atoms with E-state index in [2.05, 4.69) is 10.1 Å². The first kappa shape index (κ1) is 17.9. The third-order valence-electron chi connectivity index (χ3n) is 3.88. The summed E-state index contributed by atoms with van der Waals surface area (Å²) in [6.45, 7) is 2.64. The first-order valence-electron chi connectivity index (χ1n) is 7.74.